The van der Waals surface area contributed by atoms with Crippen molar-refractivity contribution >= 4 is 17.6 Å². The van der Waals surface area contributed by atoms with Gasteiger partial charge in [-0.15, -0.1) is 0 Å². The number of ether oxygens (including phenoxy) is 2. The van der Waals surface area contributed by atoms with Crippen molar-refractivity contribution in [3.8, 4) is 5.75 Å². The van der Waals surface area contributed by atoms with Gasteiger partial charge in [0.05, 0.1) is 0 Å². The molecule has 0 spiro atoms. The minimum absolute atomic E-state index is 0.342. The van der Waals surface area contributed by atoms with Gasteiger partial charge in [0.1, 0.15) is 11.6 Å². The Morgan fingerprint density at radius 2 is 1.63 bits per heavy atom. The van der Waals surface area contributed by atoms with Crippen molar-refractivity contribution in [2.24, 2.45) is 0 Å². The molecule has 5 nitrogen and oxygen atoms in total. The zero-order valence-corrected chi connectivity index (χ0v) is 15.8. The van der Waals surface area contributed by atoms with Gasteiger partial charge in [-0.2, -0.15) is 0 Å². The molecule has 144 valence electrons. The second-order valence-corrected chi connectivity index (χ2v) is 6.03. The fourth-order valence-corrected chi connectivity index (χ4v) is 2.60. The highest BCUT2D eigenvalue weighted by Gasteiger charge is 2.18. The summed E-state index contributed by atoms with van der Waals surface area (Å²) in [7, 11) is 0. The van der Waals surface area contributed by atoms with Crippen LogP contribution in [-0.2, 0) is 27.2 Å². The average molecular weight is 373 g/mol. The Balaban J connectivity index is 1.89. The highest BCUT2D eigenvalue weighted by Crippen LogP contribution is 2.22. The molecule has 1 amide bonds. The summed E-state index contributed by atoms with van der Waals surface area (Å²) in [6, 6.07) is 11.2. The molecule has 2 aromatic rings. The predicted molar refractivity (Wildman–Crippen MR) is 101 cm³/mol. The molecule has 0 aliphatic heterocycles. The van der Waals surface area contributed by atoms with Crippen molar-refractivity contribution in [2.75, 3.05) is 11.9 Å². The van der Waals surface area contributed by atoms with Gasteiger partial charge in [-0.25, -0.2) is 9.18 Å². The first-order chi connectivity index (χ1) is 12.9. The van der Waals surface area contributed by atoms with Crippen molar-refractivity contribution in [3.05, 3.63) is 59.4 Å². The molecule has 0 unspecified atom stereocenters. The number of halogens is 1. The van der Waals surface area contributed by atoms with Crippen LogP contribution in [-0.4, -0.2) is 24.6 Å². The largest absolute Gasteiger partial charge is 0.479 e. The summed E-state index contributed by atoms with van der Waals surface area (Å²) in [6.45, 7) is 5.13. The summed E-state index contributed by atoms with van der Waals surface area (Å²) >= 11 is 0. The number of para-hydroxylation sites is 1. The molecular formula is C21H24FNO4. The summed E-state index contributed by atoms with van der Waals surface area (Å²) in [5.41, 5.74) is 2.84. The second-order valence-electron chi connectivity index (χ2n) is 6.03. The molecule has 0 radical (unpaired) electrons. The number of nitrogens with one attached hydrogen (secondary N) is 1. The number of carbonyl (C=O) groups excluding carboxylic acids is 2. The molecular weight excluding hydrogens is 349 g/mol. The smallest absolute Gasteiger partial charge is 0.347 e. The monoisotopic (exact) mass is 373 g/mol. The summed E-state index contributed by atoms with van der Waals surface area (Å²) in [5.74, 6) is -1.13. The standard InChI is InChI=1S/C21H24FNO4/c1-4-15-7-6-8-16(5-2)20(15)23-19(24)13-26-21(25)14(3)27-18-11-9-17(22)10-12-18/h6-12,14H,4-5,13H2,1-3H3,(H,23,24)/t14-/m1/s1. The highest BCUT2D eigenvalue weighted by atomic mass is 19.1. The average Bonchev–Trinajstić information content (AvgIpc) is 2.67. The van der Waals surface area contributed by atoms with Crippen LogP contribution < -0.4 is 10.1 Å². The van der Waals surface area contributed by atoms with Gasteiger partial charge in [0.15, 0.2) is 12.7 Å². The van der Waals surface area contributed by atoms with Crippen LogP contribution in [0.5, 0.6) is 5.75 Å². The van der Waals surface area contributed by atoms with Crippen molar-refractivity contribution < 1.29 is 23.5 Å². The first-order valence-corrected chi connectivity index (χ1v) is 8.94. The van der Waals surface area contributed by atoms with E-state index in [4.69, 9.17) is 9.47 Å². The second kappa shape index (κ2) is 9.71. The number of hydrogen-bond acceptors (Lipinski definition) is 4. The van der Waals surface area contributed by atoms with Crippen molar-refractivity contribution in [3.63, 3.8) is 0 Å². The summed E-state index contributed by atoms with van der Waals surface area (Å²) in [4.78, 5) is 24.2. The van der Waals surface area contributed by atoms with Crippen LogP contribution in [0.2, 0.25) is 0 Å². The van der Waals surface area contributed by atoms with Gasteiger partial charge in [-0.3, -0.25) is 4.79 Å². The normalized spacial score (nSPS) is 11.6. The van der Waals surface area contributed by atoms with Crippen LogP contribution in [0.25, 0.3) is 0 Å². The van der Waals surface area contributed by atoms with Gasteiger partial charge in [0.25, 0.3) is 5.91 Å². The van der Waals surface area contributed by atoms with E-state index >= 15 is 0 Å². The molecule has 27 heavy (non-hydrogen) atoms. The van der Waals surface area contributed by atoms with E-state index in [-0.39, 0.29) is 0 Å². The molecule has 0 bridgehead atoms. The van der Waals surface area contributed by atoms with Crippen LogP contribution in [0.4, 0.5) is 10.1 Å². The van der Waals surface area contributed by atoms with Gasteiger partial charge in [0, 0.05) is 5.69 Å². The van der Waals surface area contributed by atoms with Crippen LogP contribution in [0.3, 0.4) is 0 Å². The Kier molecular flexibility index (Phi) is 7.34. The maximum Gasteiger partial charge on any atom is 0.347 e. The molecule has 6 heteroatoms. The minimum atomic E-state index is -0.919. The van der Waals surface area contributed by atoms with Gasteiger partial charge in [0.2, 0.25) is 0 Å². The molecule has 2 rings (SSSR count). The summed E-state index contributed by atoms with van der Waals surface area (Å²) < 4.78 is 23.3. The fraction of sp³-hybridized carbons (Fsp3) is 0.333. The number of esters is 1. The third-order valence-electron chi connectivity index (χ3n) is 4.07. The van der Waals surface area contributed by atoms with Gasteiger partial charge >= 0.3 is 5.97 Å². The van der Waals surface area contributed by atoms with E-state index in [9.17, 15) is 14.0 Å². The third-order valence-corrected chi connectivity index (χ3v) is 4.07. The van der Waals surface area contributed by atoms with Crippen LogP contribution in [0.15, 0.2) is 42.5 Å². The lowest BCUT2D eigenvalue weighted by molar-refractivity contribution is -0.153. The molecule has 0 aliphatic rings. The number of amides is 1. The molecule has 1 N–H and O–H groups in total. The molecule has 0 aliphatic carbocycles. The quantitative estimate of drug-likeness (QED) is 0.713. The number of rotatable bonds is 8. The number of carbonyl (C=O) groups is 2. The van der Waals surface area contributed by atoms with Crippen LogP contribution in [0, 0.1) is 5.82 Å². The lowest BCUT2D eigenvalue weighted by Crippen LogP contribution is -2.30. The van der Waals surface area contributed by atoms with Crippen LogP contribution in [0.1, 0.15) is 31.9 Å². The third kappa shape index (κ3) is 5.81. The number of hydrogen-bond donors (Lipinski definition) is 1. The Hall–Kier alpha value is -2.89. The SMILES string of the molecule is CCc1cccc(CC)c1NC(=O)COC(=O)[C@@H](C)Oc1ccc(F)cc1. The van der Waals surface area contributed by atoms with E-state index in [0.717, 1.165) is 29.7 Å². The molecule has 0 saturated carbocycles. The van der Waals surface area contributed by atoms with Gasteiger partial charge < -0.3 is 14.8 Å². The number of anilines is 1. The lowest BCUT2D eigenvalue weighted by Gasteiger charge is -2.16. The molecule has 1 atom stereocenters. The maximum absolute atomic E-state index is 12.9. The maximum atomic E-state index is 12.9. The van der Waals surface area contributed by atoms with E-state index in [2.05, 4.69) is 5.32 Å². The van der Waals surface area contributed by atoms with E-state index < -0.39 is 30.4 Å². The predicted octanol–water partition coefficient (Wildman–Crippen LogP) is 3.90. The minimum Gasteiger partial charge on any atom is -0.479 e. The first-order valence-electron chi connectivity index (χ1n) is 8.94. The molecule has 0 saturated heterocycles. The summed E-state index contributed by atoms with van der Waals surface area (Å²) in [6.07, 6.45) is 0.648. The topological polar surface area (TPSA) is 64.6 Å². The molecule has 0 aromatic heterocycles. The lowest BCUT2D eigenvalue weighted by atomic mass is 10.0. The van der Waals surface area contributed by atoms with Gasteiger partial charge in [-0.05, 0) is 55.2 Å². The van der Waals surface area contributed by atoms with Crippen molar-refractivity contribution in [2.45, 2.75) is 39.7 Å². The summed E-state index contributed by atoms with van der Waals surface area (Å²) in [5, 5.41) is 2.83. The Bertz CT molecular complexity index is 767. The fourth-order valence-electron chi connectivity index (χ4n) is 2.60. The van der Waals surface area contributed by atoms with E-state index in [1.807, 2.05) is 32.0 Å². The Morgan fingerprint density at radius 1 is 1.04 bits per heavy atom. The molecule has 0 fully saturated rings. The van der Waals surface area contributed by atoms with E-state index in [1.165, 1.54) is 31.2 Å². The zero-order chi connectivity index (χ0) is 19.8. The van der Waals surface area contributed by atoms with Gasteiger partial charge in [-0.1, -0.05) is 32.0 Å². The molecule has 0 heterocycles. The number of benzene rings is 2. The number of aryl methyl sites for hydroxylation is 2. The zero-order valence-electron chi connectivity index (χ0n) is 15.8. The first kappa shape index (κ1) is 20.4. The van der Waals surface area contributed by atoms with E-state index in [0.29, 0.717) is 5.75 Å². The highest BCUT2D eigenvalue weighted by molar-refractivity contribution is 5.94. The van der Waals surface area contributed by atoms with Crippen LogP contribution >= 0.6 is 0 Å². The Morgan fingerprint density at radius 3 is 2.19 bits per heavy atom. The van der Waals surface area contributed by atoms with Crippen molar-refractivity contribution in [1.29, 1.82) is 0 Å². The molecule has 2 aromatic carbocycles. The van der Waals surface area contributed by atoms with E-state index in [1.54, 1.807) is 0 Å². The van der Waals surface area contributed by atoms with Crippen molar-refractivity contribution in [1.82, 2.24) is 0 Å². The Labute approximate surface area is 158 Å².